The molecule has 0 fully saturated rings. The molecule has 0 aliphatic heterocycles. The van der Waals surface area contributed by atoms with Crippen LogP contribution in [-0.2, 0) is 19.1 Å². The fourth-order valence-electron chi connectivity index (χ4n) is 0.993. The predicted molar refractivity (Wildman–Crippen MR) is 60.9 cm³/mol. The van der Waals surface area contributed by atoms with E-state index in [-0.39, 0.29) is 19.1 Å². The van der Waals surface area contributed by atoms with Crippen LogP contribution in [0.4, 0.5) is 0 Å². The van der Waals surface area contributed by atoms with Crippen molar-refractivity contribution in [2.45, 2.75) is 13.0 Å². The molecule has 0 aromatic heterocycles. The van der Waals surface area contributed by atoms with Crippen LogP contribution in [0.3, 0.4) is 0 Å². The van der Waals surface area contributed by atoms with Crippen molar-refractivity contribution in [2.75, 3.05) is 34.3 Å². The lowest BCUT2D eigenvalue weighted by atomic mass is 10.2. The van der Waals surface area contributed by atoms with E-state index in [2.05, 4.69) is 4.74 Å². The summed E-state index contributed by atoms with van der Waals surface area (Å²) in [4.78, 5) is 36.7. The van der Waals surface area contributed by atoms with Gasteiger partial charge in [0, 0.05) is 21.1 Å². The number of amides is 2. The number of carbonyl (C=O) groups is 3. The lowest BCUT2D eigenvalue weighted by molar-refractivity contribution is -0.151. The highest BCUT2D eigenvalue weighted by Crippen LogP contribution is 1.95. The lowest BCUT2D eigenvalue weighted by Crippen LogP contribution is -2.49. The van der Waals surface area contributed by atoms with E-state index in [0.29, 0.717) is 0 Å². The van der Waals surface area contributed by atoms with Crippen LogP contribution in [0.25, 0.3) is 0 Å². The van der Waals surface area contributed by atoms with E-state index >= 15 is 0 Å². The second-order valence-corrected chi connectivity index (χ2v) is 3.71. The van der Waals surface area contributed by atoms with Gasteiger partial charge in [0.1, 0.15) is 0 Å². The van der Waals surface area contributed by atoms with Crippen molar-refractivity contribution in [3.05, 3.63) is 0 Å². The van der Waals surface area contributed by atoms with Crippen LogP contribution in [0.1, 0.15) is 6.92 Å². The molecule has 1 unspecified atom stereocenters. The zero-order chi connectivity index (χ0) is 13.6. The Hall–Kier alpha value is -1.63. The first-order chi connectivity index (χ1) is 7.81. The van der Waals surface area contributed by atoms with Crippen molar-refractivity contribution in [1.29, 1.82) is 0 Å². The number of hydrogen-bond donors (Lipinski definition) is 1. The maximum atomic E-state index is 11.6. The number of rotatable bonds is 5. The third-order valence-corrected chi connectivity index (χ3v) is 2.05. The second-order valence-electron chi connectivity index (χ2n) is 3.71. The van der Waals surface area contributed by atoms with E-state index in [0.717, 1.165) is 4.90 Å². The zero-order valence-electron chi connectivity index (χ0n) is 10.6. The third-order valence-electron chi connectivity index (χ3n) is 2.05. The fraction of sp³-hybridized carbons (Fsp3) is 0.700. The summed E-state index contributed by atoms with van der Waals surface area (Å²) in [5, 5.41) is 0. The molecular weight excluding hydrogens is 226 g/mol. The Morgan fingerprint density at radius 3 is 2.18 bits per heavy atom. The second kappa shape index (κ2) is 6.85. The summed E-state index contributed by atoms with van der Waals surface area (Å²) < 4.78 is 4.62. The van der Waals surface area contributed by atoms with Crippen molar-refractivity contribution in [3.63, 3.8) is 0 Å². The highest BCUT2D eigenvalue weighted by molar-refractivity contribution is 6.02. The van der Waals surface area contributed by atoms with Gasteiger partial charge in [-0.1, -0.05) is 0 Å². The quantitative estimate of drug-likeness (QED) is 0.466. The first-order valence-corrected chi connectivity index (χ1v) is 5.18. The molecule has 7 heteroatoms. The van der Waals surface area contributed by atoms with Crippen LogP contribution in [0.5, 0.6) is 0 Å². The smallest absolute Gasteiger partial charge is 0.332 e. The predicted octanol–water partition coefficient (Wildman–Crippen LogP) is -1.58. The van der Waals surface area contributed by atoms with E-state index in [4.69, 9.17) is 5.73 Å². The number of esters is 1. The summed E-state index contributed by atoms with van der Waals surface area (Å²) in [5.74, 6) is -1.68. The number of ether oxygens (including phenoxy) is 1. The molecule has 0 aromatic rings. The molecule has 0 rings (SSSR count). The van der Waals surface area contributed by atoms with Gasteiger partial charge in [-0.25, -0.2) is 4.79 Å². The van der Waals surface area contributed by atoms with Gasteiger partial charge < -0.3 is 20.3 Å². The Balaban J connectivity index is 4.39. The average molecular weight is 245 g/mol. The van der Waals surface area contributed by atoms with Gasteiger partial charge in [-0.3, -0.25) is 9.59 Å². The monoisotopic (exact) mass is 245 g/mol. The molecule has 98 valence electrons. The van der Waals surface area contributed by atoms with E-state index < -0.39 is 17.9 Å². The molecule has 7 nitrogen and oxygen atoms in total. The first kappa shape index (κ1) is 15.4. The van der Waals surface area contributed by atoms with E-state index in [1.165, 1.54) is 11.9 Å². The Morgan fingerprint density at radius 1 is 1.24 bits per heavy atom. The third kappa shape index (κ3) is 4.81. The van der Waals surface area contributed by atoms with E-state index in [1.54, 1.807) is 21.0 Å². The minimum atomic E-state index is -1.38. The maximum absolute atomic E-state index is 11.6. The van der Waals surface area contributed by atoms with Gasteiger partial charge in [0.2, 0.25) is 5.91 Å². The highest BCUT2D eigenvalue weighted by atomic mass is 16.5. The lowest BCUT2D eigenvalue weighted by Gasteiger charge is -2.21. The molecule has 0 radical (unpaired) electrons. The molecule has 0 saturated heterocycles. The molecule has 0 aliphatic carbocycles. The normalized spacial score (nSPS) is 11.6. The molecule has 2 N–H and O–H groups in total. The molecule has 0 heterocycles. The summed E-state index contributed by atoms with van der Waals surface area (Å²) in [7, 11) is 4.56. The molecule has 0 bridgehead atoms. The Morgan fingerprint density at radius 2 is 1.76 bits per heavy atom. The van der Waals surface area contributed by atoms with Crippen LogP contribution in [0, 0.1) is 0 Å². The molecule has 1 atom stereocenters. The summed E-state index contributed by atoms with van der Waals surface area (Å²) in [6.07, 6.45) is 0. The topological polar surface area (TPSA) is 92.9 Å². The van der Waals surface area contributed by atoms with Crippen molar-refractivity contribution < 1.29 is 19.1 Å². The number of nitrogens with two attached hydrogens (primary N) is 1. The number of likely N-dealkylation sites (N-methyl/N-ethyl adjacent to an activating group) is 2. The van der Waals surface area contributed by atoms with Gasteiger partial charge in [-0.15, -0.1) is 0 Å². The van der Waals surface area contributed by atoms with Crippen molar-refractivity contribution in [3.8, 4) is 0 Å². The largest absolute Gasteiger partial charge is 0.464 e. The van der Waals surface area contributed by atoms with Crippen molar-refractivity contribution >= 4 is 17.8 Å². The molecule has 0 spiro atoms. The van der Waals surface area contributed by atoms with Crippen LogP contribution < -0.4 is 5.73 Å². The number of nitrogens with zero attached hydrogens (tertiary/aromatic N) is 2. The van der Waals surface area contributed by atoms with Crippen LogP contribution in [0.15, 0.2) is 0 Å². The molecule has 2 amide bonds. The average Bonchev–Trinajstić information content (AvgIpc) is 2.26. The van der Waals surface area contributed by atoms with Gasteiger partial charge in [0.15, 0.2) is 6.04 Å². The SMILES string of the molecule is CCOC(=O)C(N)C(=O)N(C)CC(=O)N(C)C. The van der Waals surface area contributed by atoms with Crippen LogP contribution >= 0.6 is 0 Å². The van der Waals surface area contributed by atoms with E-state index in [9.17, 15) is 14.4 Å². The Bertz CT molecular complexity index is 304. The standard InChI is InChI=1S/C10H19N3O4/c1-5-17-10(16)8(11)9(15)13(4)6-7(14)12(2)3/h8H,5-6,11H2,1-4H3. The van der Waals surface area contributed by atoms with Crippen molar-refractivity contribution in [2.24, 2.45) is 5.73 Å². The maximum Gasteiger partial charge on any atom is 0.332 e. The van der Waals surface area contributed by atoms with E-state index in [1.807, 2.05) is 0 Å². The molecule has 0 aliphatic rings. The Kier molecular flexibility index (Phi) is 6.19. The number of carbonyl (C=O) groups excluding carboxylic acids is 3. The summed E-state index contributed by atoms with van der Waals surface area (Å²) in [5.41, 5.74) is 5.41. The van der Waals surface area contributed by atoms with Gasteiger partial charge in [0.05, 0.1) is 13.2 Å². The van der Waals surface area contributed by atoms with Gasteiger partial charge in [-0.2, -0.15) is 0 Å². The minimum absolute atomic E-state index is 0.126. The first-order valence-electron chi connectivity index (χ1n) is 5.18. The fourth-order valence-corrected chi connectivity index (χ4v) is 0.993. The molecule has 0 saturated carbocycles. The number of hydrogen-bond acceptors (Lipinski definition) is 5. The van der Waals surface area contributed by atoms with Gasteiger partial charge >= 0.3 is 5.97 Å². The Labute approximate surface area is 100 Å². The van der Waals surface area contributed by atoms with Crippen LogP contribution in [0.2, 0.25) is 0 Å². The summed E-state index contributed by atoms with van der Waals surface area (Å²) in [6, 6.07) is -1.38. The zero-order valence-corrected chi connectivity index (χ0v) is 10.6. The molecular formula is C10H19N3O4. The highest BCUT2D eigenvalue weighted by Gasteiger charge is 2.27. The summed E-state index contributed by atoms with van der Waals surface area (Å²) >= 11 is 0. The minimum Gasteiger partial charge on any atom is -0.464 e. The molecule has 17 heavy (non-hydrogen) atoms. The van der Waals surface area contributed by atoms with Crippen LogP contribution in [-0.4, -0.2) is 67.9 Å². The van der Waals surface area contributed by atoms with Gasteiger partial charge in [0.25, 0.3) is 5.91 Å². The summed E-state index contributed by atoms with van der Waals surface area (Å²) in [6.45, 7) is 1.65. The van der Waals surface area contributed by atoms with Gasteiger partial charge in [-0.05, 0) is 6.92 Å². The van der Waals surface area contributed by atoms with Crippen molar-refractivity contribution in [1.82, 2.24) is 9.80 Å². The molecule has 0 aromatic carbocycles.